The number of anilines is 2. The second-order valence-electron chi connectivity index (χ2n) is 5.38. The van der Waals surface area contributed by atoms with Crippen LogP contribution in [0.25, 0.3) is 0 Å². The topological polar surface area (TPSA) is 67.1 Å². The molecule has 1 aromatic heterocycles. The van der Waals surface area contributed by atoms with E-state index in [9.17, 15) is 0 Å². The fraction of sp³-hybridized carbons (Fsp3) is 0.692. The zero-order valence-electron chi connectivity index (χ0n) is 11.5. The van der Waals surface area contributed by atoms with Crippen molar-refractivity contribution in [2.75, 3.05) is 17.4 Å². The first-order valence-electron chi connectivity index (χ1n) is 6.65. The van der Waals surface area contributed by atoms with E-state index in [4.69, 9.17) is 5.84 Å². The summed E-state index contributed by atoms with van der Waals surface area (Å²) in [4.78, 5) is 10.9. The third-order valence-corrected chi connectivity index (χ3v) is 3.86. The van der Waals surface area contributed by atoms with E-state index in [1.807, 2.05) is 13.1 Å². The minimum absolute atomic E-state index is 0.478. The molecule has 1 fully saturated rings. The molecular weight excluding hydrogens is 226 g/mol. The molecule has 2 unspecified atom stereocenters. The van der Waals surface area contributed by atoms with Gasteiger partial charge in [0.1, 0.15) is 5.82 Å². The highest BCUT2D eigenvalue weighted by Crippen LogP contribution is 2.30. The molecule has 5 nitrogen and oxygen atoms in total. The number of nitrogens with one attached hydrogen (secondary N) is 1. The van der Waals surface area contributed by atoms with Gasteiger partial charge in [-0.15, -0.1) is 0 Å². The molecule has 100 valence electrons. The Morgan fingerprint density at radius 2 is 2.22 bits per heavy atom. The maximum atomic E-state index is 5.38. The summed E-state index contributed by atoms with van der Waals surface area (Å²) in [7, 11) is 2.12. The van der Waals surface area contributed by atoms with Gasteiger partial charge in [-0.05, 0) is 25.7 Å². The van der Waals surface area contributed by atoms with E-state index in [1.54, 1.807) is 0 Å². The van der Waals surface area contributed by atoms with Crippen LogP contribution in [0, 0.1) is 12.8 Å². The van der Waals surface area contributed by atoms with Gasteiger partial charge >= 0.3 is 0 Å². The Morgan fingerprint density at radius 1 is 1.44 bits per heavy atom. The SMILES string of the molecule is Cc1cnc(NN)nc1N(C)C1CCCC(C)C1. The molecule has 3 N–H and O–H groups in total. The van der Waals surface area contributed by atoms with Gasteiger partial charge < -0.3 is 4.90 Å². The quantitative estimate of drug-likeness (QED) is 0.634. The van der Waals surface area contributed by atoms with Crippen LogP contribution in [0.3, 0.4) is 0 Å². The summed E-state index contributed by atoms with van der Waals surface area (Å²) in [6.45, 7) is 4.37. The van der Waals surface area contributed by atoms with Crippen LogP contribution in [0.2, 0.25) is 0 Å². The van der Waals surface area contributed by atoms with Crippen molar-refractivity contribution in [2.45, 2.75) is 45.6 Å². The number of nitrogens with zero attached hydrogens (tertiary/aromatic N) is 3. The molecular formula is C13H23N5. The molecule has 0 bridgehead atoms. The van der Waals surface area contributed by atoms with Gasteiger partial charge in [-0.25, -0.2) is 10.8 Å². The highest BCUT2D eigenvalue weighted by molar-refractivity contribution is 5.48. The number of hydrogen-bond donors (Lipinski definition) is 2. The van der Waals surface area contributed by atoms with E-state index in [0.29, 0.717) is 12.0 Å². The molecule has 0 saturated heterocycles. The lowest BCUT2D eigenvalue weighted by Crippen LogP contribution is -2.36. The summed E-state index contributed by atoms with van der Waals surface area (Å²) < 4.78 is 0. The molecule has 1 aromatic rings. The monoisotopic (exact) mass is 249 g/mol. The van der Waals surface area contributed by atoms with Gasteiger partial charge in [0.15, 0.2) is 0 Å². The first-order valence-corrected chi connectivity index (χ1v) is 6.65. The second kappa shape index (κ2) is 5.52. The summed E-state index contributed by atoms with van der Waals surface area (Å²) in [6.07, 6.45) is 6.96. The zero-order valence-corrected chi connectivity index (χ0v) is 11.5. The van der Waals surface area contributed by atoms with Crippen molar-refractivity contribution in [1.82, 2.24) is 9.97 Å². The van der Waals surface area contributed by atoms with E-state index in [0.717, 1.165) is 17.3 Å². The number of rotatable bonds is 3. The number of nitrogens with two attached hydrogens (primary N) is 1. The van der Waals surface area contributed by atoms with Crippen LogP contribution in [0.4, 0.5) is 11.8 Å². The van der Waals surface area contributed by atoms with Crippen LogP contribution >= 0.6 is 0 Å². The van der Waals surface area contributed by atoms with Gasteiger partial charge in [0.25, 0.3) is 0 Å². The minimum atomic E-state index is 0.478. The molecule has 0 aromatic carbocycles. The van der Waals surface area contributed by atoms with Gasteiger partial charge in [0, 0.05) is 24.8 Å². The number of nitrogen functional groups attached to an aromatic ring is 1. The Morgan fingerprint density at radius 3 is 2.89 bits per heavy atom. The van der Waals surface area contributed by atoms with Crippen molar-refractivity contribution >= 4 is 11.8 Å². The summed E-state index contributed by atoms with van der Waals surface area (Å²) in [5.41, 5.74) is 3.60. The summed E-state index contributed by atoms with van der Waals surface area (Å²) >= 11 is 0. The predicted octanol–water partition coefficient (Wildman–Crippen LogP) is 2.09. The molecule has 0 aliphatic heterocycles. The van der Waals surface area contributed by atoms with E-state index in [1.165, 1.54) is 25.7 Å². The second-order valence-corrected chi connectivity index (χ2v) is 5.38. The van der Waals surface area contributed by atoms with Gasteiger partial charge in [-0.1, -0.05) is 19.8 Å². The predicted molar refractivity (Wildman–Crippen MR) is 74.4 cm³/mol. The molecule has 5 heteroatoms. The smallest absolute Gasteiger partial charge is 0.239 e. The van der Waals surface area contributed by atoms with Crippen LogP contribution in [0.5, 0.6) is 0 Å². The molecule has 1 aliphatic carbocycles. The number of hydrazine groups is 1. The molecule has 18 heavy (non-hydrogen) atoms. The number of aryl methyl sites for hydroxylation is 1. The lowest BCUT2D eigenvalue weighted by Gasteiger charge is -2.35. The van der Waals surface area contributed by atoms with Crippen molar-refractivity contribution < 1.29 is 0 Å². The average Bonchev–Trinajstić information content (AvgIpc) is 2.38. The zero-order chi connectivity index (χ0) is 13.1. The molecule has 1 saturated carbocycles. The molecule has 0 spiro atoms. The summed E-state index contributed by atoms with van der Waals surface area (Å²) in [5, 5.41) is 0. The van der Waals surface area contributed by atoms with Gasteiger partial charge in [0.05, 0.1) is 0 Å². The third kappa shape index (κ3) is 2.72. The molecule has 0 radical (unpaired) electrons. The fourth-order valence-electron chi connectivity index (χ4n) is 2.79. The first kappa shape index (κ1) is 13.1. The maximum Gasteiger partial charge on any atom is 0.239 e. The summed E-state index contributed by atoms with van der Waals surface area (Å²) in [6, 6.07) is 0.577. The lowest BCUT2D eigenvalue weighted by molar-refractivity contribution is 0.335. The standard InChI is InChI=1S/C13H23N5/c1-9-5-4-6-11(7-9)18(3)12-10(2)8-15-13(16-12)17-14/h8-9,11H,4-7,14H2,1-3H3,(H,15,16,17). The van der Waals surface area contributed by atoms with Crippen LogP contribution in [-0.4, -0.2) is 23.1 Å². The Kier molecular flexibility index (Phi) is 4.01. The van der Waals surface area contributed by atoms with E-state index >= 15 is 0 Å². The maximum absolute atomic E-state index is 5.38. The van der Waals surface area contributed by atoms with Crippen molar-refractivity contribution in [3.05, 3.63) is 11.8 Å². The molecule has 2 atom stereocenters. The van der Waals surface area contributed by atoms with Gasteiger partial charge in [-0.2, -0.15) is 4.98 Å². The van der Waals surface area contributed by atoms with Crippen LogP contribution < -0.4 is 16.2 Å². The van der Waals surface area contributed by atoms with Crippen molar-refractivity contribution in [1.29, 1.82) is 0 Å². The van der Waals surface area contributed by atoms with Crippen molar-refractivity contribution in [2.24, 2.45) is 11.8 Å². The number of hydrogen-bond acceptors (Lipinski definition) is 5. The Labute approximate surface area is 109 Å². The Hall–Kier alpha value is -1.36. The van der Waals surface area contributed by atoms with E-state index in [-0.39, 0.29) is 0 Å². The summed E-state index contributed by atoms with van der Waals surface area (Å²) in [5.74, 6) is 7.64. The Balaban J connectivity index is 2.19. The van der Waals surface area contributed by atoms with E-state index in [2.05, 4.69) is 34.3 Å². The van der Waals surface area contributed by atoms with Gasteiger partial charge in [-0.3, -0.25) is 5.43 Å². The fourth-order valence-corrected chi connectivity index (χ4v) is 2.79. The van der Waals surface area contributed by atoms with Crippen LogP contribution in [-0.2, 0) is 0 Å². The molecule has 1 aliphatic rings. The van der Waals surface area contributed by atoms with Crippen LogP contribution in [0.15, 0.2) is 6.20 Å². The molecule has 1 heterocycles. The van der Waals surface area contributed by atoms with Crippen molar-refractivity contribution in [3.8, 4) is 0 Å². The highest BCUT2D eigenvalue weighted by atomic mass is 15.3. The molecule has 0 amide bonds. The van der Waals surface area contributed by atoms with E-state index < -0.39 is 0 Å². The third-order valence-electron chi connectivity index (χ3n) is 3.86. The normalized spacial score (nSPS) is 23.8. The van der Waals surface area contributed by atoms with Gasteiger partial charge in [0.2, 0.25) is 5.95 Å². The first-order chi connectivity index (χ1) is 8.61. The Bertz CT molecular complexity index is 406. The largest absolute Gasteiger partial charge is 0.356 e. The number of aromatic nitrogens is 2. The minimum Gasteiger partial charge on any atom is -0.356 e. The molecule has 2 rings (SSSR count). The van der Waals surface area contributed by atoms with Crippen molar-refractivity contribution in [3.63, 3.8) is 0 Å². The highest BCUT2D eigenvalue weighted by Gasteiger charge is 2.24. The van der Waals surface area contributed by atoms with Crippen LogP contribution in [0.1, 0.15) is 38.2 Å². The average molecular weight is 249 g/mol. The lowest BCUT2D eigenvalue weighted by atomic mass is 9.86.